The van der Waals surface area contributed by atoms with Crippen molar-refractivity contribution in [1.29, 1.82) is 0 Å². The average molecular weight is 299 g/mol. The Balaban J connectivity index is 2.50. The molecule has 1 aliphatic rings. The van der Waals surface area contributed by atoms with Crippen molar-refractivity contribution in [2.24, 2.45) is 11.7 Å². The molecule has 0 bridgehead atoms. The lowest BCUT2D eigenvalue weighted by Crippen LogP contribution is -2.21. The lowest BCUT2D eigenvalue weighted by Gasteiger charge is -2.24. The number of likely N-dealkylation sites (tertiary alicyclic amines) is 1. The molecule has 1 saturated heterocycles. The molecule has 1 aromatic rings. The fourth-order valence-corrected chi connectivity index (χ4v) is 3.43. The van der Waals surface area contributed by atoms with E-state index in [9.17, 15) is 5.11 Å². The fourth-order valence-electron chi connectivity index (χ4n) is 3.03. The molecule has 3 N–H and O–H groups in total. The van der Waals surface area contributed by atoms with E-state index in [2.05, 4.69) is 4.90 Å². The van der Waals surface area contributed by atoms with Gasteiger partial charge in [-0.2, -0.15) is 0 Å². The highest BCUT2D eigenvalue weighted by Gasteiger charge is 2.34. The first kappa shape index (κ1) is 15.4. The van der Waals surface area contributed by atoms with Crippen molar-refractivity contribution in [3.05, 3.63) is 22.2 Å². The van der Waals surface area contributed by atoms with Gasteiger partial charge in [-0.3, -0.25) is 4.90 Å². The van der Waals surface area contributed by atoms with E-state index in [1.165, 1.54) is 0 Å². The second kappa shape index (κ2) is 6.20. The molecule has 0 spiro atoms. The number of phenols is 1. The summed E-state index contributed by atoms with van der Waals surface area (Å²) in [7, 11) is 3.61. The molecule has 0 amide bonds. The van der Waals surface area contributed by atoms with Crippen LogP contribution in [-0.2, 0) is 6.42 Å². The molecule has 0 aliphatic carbocycles. The molecule has 0 saturated carbocycles. The number of nitrogens with zero attached hydrogens (tertiary/aromatic N) is 1. The van der Waals surface area contributed by atoms with Gasteiger partial charge in [0.15, 0.2) is 11.5 Å². The van der Waals surface area contributed by atoms with Gasteiger partial charge in [-0.05, 0) is 44.0 Å². The van der Waals surface area contributed by atoms with Crippen LogP contribution in [0.4, 0.5) is 0 Å². The molecular formula is C15H23ClN2O2. The number of phenolic OH excluding ortho intramolecular Hbond substituents is 1. The number of aryl methyl sites for hydroxylation is 1. The van der Waals surface area contributed by atoms with Gasteiger partial charge in [-0.1, -0.05) is 18.5 Å². The Hall–Kier alpha value is -0.970. The summed E-state index contributed by atoms with van der Waals surface area (Å²) in [4.78, 5) is 2.21. The van der Waals surface area contributed by atoms with Gasteiger partial charge < -0.3 is 15.6 Å². The SMILES string of the molecule is CCc1cc(OC)c(O)c(C2CC(CN)CN2C)c1Cl. The Morgan fingerprint density at radius 2 is 2.25 bits per heavy atom. The first-order valence-corrected chi connectivity index (χ1v) is 7.39. The first-order valence-electron chi connectivity index (χ1n) is 7.01. The molecule has 0 radical (unpaired) electrons. The minimum atomic E-state index is 0.0939. The maximum Gasteiger partial charge on any atom is 0.164 e. The van der Waals surface area contributed by atoms with E-state index >= 15 is 0 Å². The Labute approximate surface area is 125 Å². The van der Waals surface area contributed by atoms with Crippen molar-refractivity contribution >= 4 is 11.6 Å². The third-order valence-corrected chi connectivity index (χ3v) is 4.66. The minimum absolute atomic E-state index is 0.0939. The minimum Gasteiger partial charge on any atom is -0.504 e. The van der Waals surface area contributed by atoms with Gasteiger partial charge in [0.1, 0.15) is 0 Å². The van der Waals surface area contributed by atoms with E-state index in [0.717, 1.165) is 30.5 Å². The molecule has 4 nitrogen and oxygen atoms in total. The molecule has 20 heavy (non-hydrogen) atoms. The zero-order valence-corrected chi connectivity index (χ0v) is 13.1. The smallest absolute Gasteiger partial charge is 0.164 e. The molecule has 2 unspecified atom stereocenters. The van der Waals surface area contributed by atoms with E-state index in [-0.39, 0.29) is 11.8 Å². The number of halogens is 1. The number of nitrogens with two attached hydrogens (primary N) is 1. The number of aromatic hydroxyl groups is 1. The molecule has 1 fully saturated rings. The Kier molecular flexibility index (Phi) is 4.78. The second-order valence-electron chi connectivity index (χ2n) is 5.46. The van der Waals surface area contributed by atoms with Crippen LogP contribution in [0.2, 0.25) is 5.02 Å². The van der Waals surface area contributed by atoms with Crippen LogP contribution in [0.25, 0.3) is 0 Å². The molecule has 1 aromatic carbocycles. The second-order valence-corrected chi connectivity index (χ2v) is 5.84. The van der Waals surface area contributed by atoms with Crippen LogP contribution >= 0.6 is 11.6 Å². The van der Waals surface area contributed by atoms with E-state index in [4.69, 9.17) is 22.1 Å². The zero-order valence-electron chi connectivity index (χ0n) is 12.3. The number of hydrogen-bond donors (Lipinski definition) is 2. The zero-order chi connectivity index (χ0) is 14.9. The van der Waals surface area contributed by atoms with Crippen molar-refractivity contribution in [3.8, 4) is 11.5 Å². The lowest BCUT2D eigenvalue weighted by molar-refractivity contribution is 0.300. The van der Waals surface area contributed by atoms with Crippen LogP contribution in [-0.4, -0.2) is 37.3 Å². The monoisotopic (exact) mass is 298 g/mol. The van der Waals surface area contributed by atoms with Gasteiger partial charge in [0.25, 0.3) is 0 Å². The Morgan fingerprint density at radius 3 is 2.75 bits per heavy atom. The lowest BCUT2D eigenvalue weighted by atomic mass is 9.96. The predicted octanol–water partition coefficient (Wildman–Crippen LogP) is 2.57. The molecule has 1 heterocycles. The van der Waals surface area contributed by atoms with Crippen LogP contribution in [0.1, 0.15) is 30.5 Å². The normalized spacial score (nSPS) is 23.2. The van der Waals surface area contributed by atoms with E-state index < -0.39 is 0 Å². The molecule has 2 atom stereocenters. The van der Waals surface area contributed by atoms with Gasteiger partial charge in [-0.25, -0.2) is 0 Å². The highest BCUT2D eigenvalue weighted by Crippen LogP contribution is 2.46. The summed E-state index contributed by atoms with van der Waals surface area (Å²) < 4.78 is 5.28. The van der Waals surface area contributed by atoms with Gasteiger partial charge in [-0.15, -0.1) is 0 Å². The van der Waals surface area contributed by atoms with E-state index in [0.29, 0.717) is 23.2 Å². The van der Waals surface area contributed by atoms with Crippen LogP contribution in [0, 0.1) is 5.92 Å². The van der Waals surface area contributed by atoms with Crippen molar-refractivity contribution in [3.63, 3.8) is 0 Å². The maximum atomic E-state index is 10.5. The average Bonchev–Trinajstić information content (AvgIpc) is 2.81. The Morgan fingerprint density at radius 1 is 1.55 bits per heavy atom. The third kappa shape index (κ3) is 2.60. The van der Waals surface area contributed by atoms with E-state index in [1.807, 2.05) is 20.0 Å². The summed E-state index contributed by atoms with van der Waals surface area (Å²) in [6.45, 7) is 3.63. The van der Waals surface area contributed by atoms with Crippen molar-refractivity contribution in [2.75, 3.05) is 27.2 Å². The molecule has 2 rings (SSSR count). The van der Waals surface area contributed by atoms with Gasteiger partial charge in [0.2, 0.25) is 0 Å². The Bertz CT molecular complexity index is 465. The predicted molar refractivity (Wildman–Crippen MR) is 81.6 cm³/mol. The molecule has 0 aromatic heterocycles. The third-order valence-electron chi connectivity index (χ3n) is 4.21. The topological polar surface area (TPSA) is 58.7 Å². The molecule has 1 aliphatic heterocycles. The van der Waals surface area contributed by atoms with Crippen LogP contribution < -0.4 is 10.5 Å². The summed E-state index contributed by atoms with van der Waals surface area (Å²) >= 11 is 6.51. The van der Waals surface area contributed by atoms with Crippen molar-refractivity contribution in [1.82, 2.24) is 4.90 Å². The molecular weight excluding hydrogens is 276 g/mol. The van der Waals surface area contributed by atoms with Crippen LogP contribution in [0.3, 0.4) is 0 Å². The highest BCUT2D eigenvalue weighted by molar-refractivity contribution is 6.32. The van der Waals surface area contributed by atoms with Gasteiger partial charge in [0, 0.05) is 18.2 Å². The van der Waals surface area contributed by atoms with Gasteiger partial charge in [0.05, 0.1) is 12.1 Å². The standard InChI is InChI=1S/C15H23ClN2O2/c1-4-10-6-12(20-3)15(19)13(14(10)16)11-5-9(7-17)8-18(11)2/h6,9,11,19H,4-5,7-8,17H2,1-3H3. The quantitative estimate of drug-likeness (QED) is 0.897. The largest absolute Gasteiger partial charge is 0.504 e. The molecule has 112 valence electrons. The van der Waals surface area contributed by atoms with Crippen LogP contribution in [0.15, 0.2) is 6.07 Å². The summed E-state index contributed by atoms with van der Waals surface area (Å²) in [5.74, 6) is 1.09. The number of benzene rings is 1. The maximum absolute atomic E-state index is 10.5. The molecule has 5 heteroatoms. The summed E-state index contributed by atoms with van der Waals surface area (Å²) in [5, 5.41) is 11.1. The van der Waals surface area contributed by atoms with Gasteiger partial charge >= 0.3 is 0 Å². The summed E-state index contributed by atoms with van der Waals surface area (Å²) in [6, 6.07) is 1.91. The summed E-state index contributed by atoms with van der Waals surface area (Å²) in [6.07, 6.45) is 1.72. The number of ether oxygens (including phenoxy) is 1. The number of methoxy groups -OCH3 is 1. The fraction of sp³-hybridized carbons (Fsp3) is 0.600. The van der Waals surface area contributed by atoms with Crippen LogP contribution in [0.5, 0.6) is 11.5 Å². The highest BCUT2D eigenvalue weighted by atomic mass is 35.5. The van der Waals surface area contributed by atoms with Crippen molar-refractivity contribution in [2.45, 2.75) is 25.8 Å². The van der Waals surface area contributed by atoms with Crippen molar-refractivity contribution < 1.29 is 9.84 Å². The summed E-state index contributed by atoms with van der Waals surface area (Å²) in [5.41, 5.74) is 7.56. The number of rotatable bonds is 4. The number of hydrogen-bond acceptors (Lipinski definition) is 4. The first-order chi connectivity index (χ1) is 9.53. The van der Waals surface area contributed by atoms with E-state index in [1.54, 1.807) is 7.11 Å².